The molecule has 6 nitrogen and oxygen atoms in total. The number of rotatable bonds is 2. The summed E-state index contributed by atoms with van der Waals surface area (Å²) in [5, 5.41) is 2.55. The standard InChI is InChI=1S/C15H17N3O3/c19-13(11-5-4-9-2-1-3-10(9)8-11)17-18-15(21)14(20)16-12-6-7-12/h4-5,8,12H,1-3,6-7H2,(H,16,20)(H,17,19)(H,18,21). The number of aryl methyl sites for hydroxylation is 2. The predicted octanol–water partition coefficient (Wildman–Crippen LogP) is 0.215. The van der Waals surface area contributed by atoms with Gasteiger partial charge in [-0.1, -0.05) is 6.07 Å². The molecule has 1 fully saturated rings. The van der Waals surface area contributed by atoms with Crippen LogP contribution in [0.25, 0.3) is 0 Å². The van der Waals surface area contributed by atoms with Crippen LogP contribution in [-0.4, -0.2) is 23.8 Å². The molecule has 0 saturated heterocycles. The van der Waals surface area contributed by atoms with E-state index in [1.165, 1.54) is 11.1 Å². The van der Waals surface area contributed by atoms with Gasteiger partial charge in [-0.3, -0.25) is 25.2 Å². The molecular formula is C15H17N3O3. The van der Waals surface area contributed by atoms with E-state index in [1.807, 2.05) is 12.1 Å². The lowest BCUT2D eigenvalue weighted by Crippen LogP contribution is -2.49. The molecule has 0 radical (unpaired) electrons. The van der Waals surface area contributed by atoms with Crippen LogP contribution < -0.4 is 16.2 Å². The Balaban J connectivity index is 1.53. The zero-order chi connectivity index (χ0) is 14.8. The van der Waals surface area contributed by atoms with Crippen LogP contribution in [0.15, 0.2) is 18.2 Å². The normalized spacial score (nSPS) is 16.0. The lowest BCUT2D eigenvalue weighted by molar-refractivity contribution is -0.139. The minimum Gasteiger partial charge on any atom is -0.345 e. The first-order valence-corrected chi connectivity index (χ1v) is 7.16. The van der Waals surface area contributed by atoms with Crippen molar-refractivity contribution in [2.75, 3.05) is 0 Å². The van der Waals surface area contributed by atoms with Crippen LogP contribution in [0, 0.1) is 0 Å². The highest BCUT2D eigenvalue weighted by atomic mass is 16.2. The van der Waals surface area contributed by atoms with Crippen LogP contribution in [0.5, 0.6) is 0 Å². The third-order valence-corrected chi connectivity index (χ3v) is 3.77. The molecule has 0 bridgehead atoms. The molecule has 3 rings (SSSR count). The smallest absolute Gasteiger partial charge is 0.327 e. The molecule has 0 unspecified atom stereocenters. The van der Waals surface area contributed by atoms with Gasteiger partial charge in [-0.25, -0.2) is 0 Å². The number of carbonyl (C=O) groups excluding carboxylic acids is 3. The summed E-state index contributed by atoms with van der Waals surface area (Å²) in [6, 6.07) is 5.62. The minimum absolute atomic E-state index is 0.107. The van der Waals surface area contributed by atoms with E-state index < -0.39 is 17.7 Å². The molecule has 3 amide bonds. The molecule has 3 N–H and O–H groups in total. The molecule has 1 aromatic carbocycles. The van der Waals surface area contributed by atoms with Gasteiger partial charge in [0.25, 0.3) is 5.91 Å². The Morgan fingerprint density at radius 2 is 1.71 bits per heavy atom. The topological polar surface area (TPSA) is 87.3 Å². The second kappa shape index (κ2) is 5.55. The Bertz CT molecular complexity index is 608. The number of hydrogen-bond donors (Lipinski definition) is 3. The molecule has 0 spiro atoms. The molecule has 2 aliphatic carbocycles. The fraction of sp³-hybridized carbons (Fsp3) is 0.400. The number of fused-ring (bicyclic) bond motifs is 1. The summed E-state index contributed by atoms with van der Waals surface area (Å²) in [7, 11) is 0. The average molecular weight is 287 g/mol. The Hall–Kier alpha value is -2.37. The quantitative estimate of drug-likeness (QED) is 0.537. The Morgan fingerprint density at radius 3 is 2.48 bits per heavy atom. The zero-order valence-corrected chi connectivity index (χ0v) is 11.6. The second-order valence-electron chi connectivity index (χ2n) is 5.49. The molecule has 2 aliphatic rings. The molecule has 0 aliphatic heterocycles. The molecular weight excluding hydrogens is 270 g/mol. The van der Waals surface area contributed by atoms with Crippen molar-refractivity contribution in [2.24, 2.45) is 0 Å². The van der Waals surface area contributed by atoms with Crippen molar-refractivity contribution in [2.45, 2.75) is 38.1 Å². The summed E-state index contributed by atoms with van der Waals surface area (Å²) in [6.07, 6.45) is 4.95. The van der Waals surface area contributed by atoms with Crippen molar-refractivity contribution < 1.29 is 14.4 Å². The molecule has 1 aromatic rings. The maximum atomic E-state index is 11.9. The van der Waals surface area contributed by atoms with E-state index in [0.29, 0.717) is 5.56 Å². The summed E-state index contributed by atoms with van der Waals surface area (Å²) < 4.78 is 0. The van der Waals surface area contributed by atoms with Crippen LogP contribution >= 0.6 is 0 Å². The van der Waals surface area contributed by atoms with E-state index in [0.717, 1.165) is 32.1 Å². The van der Waals surface area contributed by atoms with Crippen molar-refractivity contribution in [3.05, 3.63) is 34.9 Å². The van der Waals surface area contributed by atoms with E-state index in [-0.39, 0.29) is 6.04 Å². The molecule has 0 aromatic heterocycles. The van der Waals surface area contributed by atoms with Gasteiger partial charge in [0.2, 0.25) is 0 Å². The molecule has 0 atom stereocenters. The monoisotopic (exact) mass is 287 g/mol. The maximum Gasteiger partial charge on any atom is 0.327 e. The Labute approximate surface area is 122 Å². The number of carbonyl (C=O) groups is 3. The van der Waals surface area contributed by atoms with Gasteiger partial charge in [-0.05, 0) is 55.4 Å². The zero-order valence-electron chi connectivity index (χ0n) is 11.6. The summed E-state index contributed by atoms with van der Waals surface area (Å²) in [6.45, 7) is 0. The molecule has 6 heteroatoms. The van der Waals surface area contributed by atoms with Crippen molar-refractivity contribution >= 4 is 17.7 Å². The number of hydrogen-bond acceptors (Lipinski definition) is 3. The maximum absolute atomic E-state index is 11.9. The SMILES string of the molecule is O=C(NNC(=O)c1ccc2c(c1)CCC2)C(=O)NC1CC1. The van der Waals surface area contributed by atoms with Crippen molar-refractivity contribution in [1.29, 1.82) is 0 Å². The van der Waals surface area contributed by atoms with Crippen molar-refractivity contribution in [3.63, 3.8) is 0 Å². The summed E-state index contributed by atoms with van der Waals surface area (Å²) >= 11 is 0. The van der Waals surface area contributed by atoms with Crippen molar-refractivity contribution in [1.82, 2.24) is 16.2 Å². The van der Waals surface area contributed by atoms with Crippen LogP contribution in [0.2, 0.25) is 0 Å². The first-order chi connectivity index (χ1) is 10.1. The average Bonchev–Trinajstić information content (AvgIpc) is 3.17. The van der Waals surface area contributed by atoms with Gasteiger partial charge < -0.3 is 5.32 Å². The van der Waals surface area contributed by atoms with E-state index in [2.05, 4.69) is 16.2 Å². The van der Waals surface area contributed by atoms with E-state index in [1.54, 1.807) is 6.07 Å². The number of benzene rings is 1. The van der Waals surface area contributed by atoms with Gasteiger partial charge in [0.05, 0.1) is 0 Å². The summed E-state index contributed by atoms with van der Waals surface area (Å²) in [4.78, 5) is 34.9. The highest BCUT2D eigenvalue weighted by Gasteiger charge is 2.26. The molecule has 0 heterocycles. The van der Waals surface area contributed by atoms with Gasteiger partial charge >= 0.3 is 11.8 Å². The number of amides is 3. The minimum atomic E-state index is -0.851. The largest absolute Gasteiger partial charge is 0.345 e. The number of nitrogens with one attached hydrogen (secondary N) is 3. The highest BCUT2D eigenvalue weighted by Crippen LogP contribution is 2.22. The summed E-state index contributed by atoms with van der Waals surface area (Å²) in [5.74, 6) is -1.99. The lowest BCUT2D eigenvalue weighted by Gasteiger charge is -2.08. The fourth-order valence-electron chi connectivity index (χ4n) is 2.43. The second-order valence-corrected chi connectivity index (χ2v) is 5.49. The van der Waals surface area contributed by atoms with E-state index >= 15 is 0 Å². The molecule has 21 heavy (non-hydrogen) atoms. The van der Waals surface area contributed by atoms with Gasteiger partial charge in [-0.2, -0.15) is 0 Å². The number of hydrazine groups is 1. The van der Waals surface area contributed by atoms with E-state index in [4.69, 9.17) is 0 Å². The van der Waals surface area contributed by atoms with Crippen molar-refractivity contribution in [3.8, 4) is 0 Å². The molecule has 110 valence electrons. The van der Waals surface area contributed by atoms with Crippen LogP contribution in [0.1, 0.15) is 40.7 Å². The first-order valence-electron chi connectivity index (χ1n) is 7.16. The Morgan fingerprint density at radius 1 is 0.952 bits per heavy atom. The highest BCUT2D eigenvalue weighted by molar-refractivity contribution is 6.35. The van der Waals surface area contributed by atoms with Crippen LogP contribution in [0.3, 0.4) is 0 Å². The van der Waals surface area contributed by atoms with Gasteiger partial charge in [-0.15, -0.1) is 0 Å². The fourth-order valence-corrected chi connectivity index (χ4v) is 2.43. The summed E-state index contributed by atoms with van der Waals surface area (Å²) in [5.41, 5.74) is 7.34. The van der Waals surface area contributed by atoms with Gasteiger partial charge in [0.1, 0.15) is 0 Å². The van der Waals surface area contributed by atoms with E-state index in [9.17, 15) is 14.4 Å². The van der Waals surface area contributed by atoms with Crippen LogP contribution in [0.4, 0.5) is 0 Å². The third kappa shape index (κ3) is 3.21. The predicted molar refractivity (Wildman–Crippen MR) is 75.2 cm³/mol. The Kier molecular flexibility index (Phi) is 3.60. The van der Waals surface area contributed by atoms with Gasteiger partial charge in [0.15, 0.2) is 0 Å². The van der Waals surface area contributed by atoms with Crippen LogP contribution in [-0.2, 0) is 22.4 Å². The van der Waals surface area contributed by atoms with Gasteiger partial charge in [0, 0.05) is 11.6 Å². The third-order valence-electron chi connectivity index (χ3n) is 3.77. The lowest BCUT2D eigenvalue weighted by atomic mass is 10.1. The molecule has 1 saturated carbocycles. The first kappa shape index (κ1) is 13.6.